The second-order valence-corrected chi connectivity index (χ2v) is 5.46. The first kappa shape index (κ1) is 15.2. The van der Waals surface area contributed by atoms with Crippen LogP contribution in [0.15, 0.2) is 28.7 Å². The molecule has 1 aromatic carbocycles. The van der Waals surface area contributed by atoms with Gasteiger partial charge >= 0.3 is 0 Å². The van der Waals surface area contributed by atoms with Gasteiger partial charge in [0, 0.05) is 16.9 Å². The van der Waals surface area contributed by atoms with Crippen LogP contribution in [0.4, 0.5) is 0 Å². The van der Waals surface area contributed by atoms with Gasteiger partial charge in [-0.3, -0.25) is 4.79 Å². The Morgan fingerprint density at radius 1 is 1.33 bits per heavy atom. The predicted octanol–water partition coefficient (Wildman–Crippen LogP) is 2.63. The van der Waals surface area contributed by atoms with E-state index in [1.54, 1.807) is 0 Å². The molecule has 0 aliphatic carbocycles. The maximum Gasteiger partial charge on any atom is 0.220 e. The number of halogens is 1. The third kappa shape index (κ3) is 6.17. The molecule has 3 nitrogen and oxygen atoms in total. The molecule has 0 saturated heterocycles. The van der Waals surface area contributed by atoms with Crippen molar-refractivity contribution in [2.75, 3.05) is 6.54 Å². The van der Waals surface area contributed by atoms with Crippen LogP contribution in [0.3, 0.4) is 0 Å². The number of unbranched alkanes of at least 4 members (excludes halogenated alkanes) is 1. The zero-order valence-corrected chi connectivity index (χ0v) is 12.4. The second-order valence-electron chi connectivity index (χ2n) is 4.54. The molecule has 0 heterocycles. The van der Waals surface area contributed by atoms with Gasteiger partial charge < -0.3 is 11.1 Å². The Morgan fingerprint density at radius 3 is 2.61 bits per heavy atom. The summed E-state index contributed by atoms with van der Waals surface area (Å²) in [4.78, 5) is 11.6. The number of hydrogen-bond donors (Lipinski definition) is 2. The molecule has 4 heteroatoms. The minimum absolute atomic E-state index is 0.119. The second kappa shape index (κ2) is 8.27. The maximum absolute atomic E-state index is 11.6. The fraction of sp³-hybridized carbons (Fsp3) is 0.500. The first-order valence-corrected chi connectivity index (χ1v) is 7.15. The SMILES string of the molecule is CC(Cc1ccc(Br)cc1)NC(=O)CCCCN. The highest BCUT2D eigenvalue weighted by Crippen LogP contribution is 2.11. The van der Waals surface area contributed by atoms with Gasteiger partial charge in [-0.2, -0.15) is 0 Å². The Bertz CT molecular complexity index is 365. The lowest BCUT2D eigenvalue weighted by Gasteiger charge is -2.14. The molecule has 0 aliphatic heterocycles. The van der Waals surface area contributed by atoms with Crippen molar-refractivity contribution in [2.45, 2.75) is 38.6 Å². The van der Waals surface area contributed by atoms with E-state index in [0.717, 1.165) is 23.7 Å². The van der Waals surface area contributed by atoms with Crippen molar-refractivity contribution < 1.29 is 4.79 Å². The molecule has 0 spiro atoms. The van der Waals surface area contributed by atoms with Gasteiger partial charge in [0.05, 0.1) is 0 Å². The molecular weight excluding hydrogens is 292 g/mol. The van der Waals surface area contributed by atoms with E-state index in [4.69, 9.17) is 5.73 Å². The quantitative estimate of drug-likeness (QED) is 0.760. The third-order valence-electron chi connectivity index (χ3n) is 2.72. The summed E-state index contributed by atoms with van der Waals surface area (Å²) in [6.07, 6.45) is 3.21. The lowest BCUT2D eigenvalue weighted by Crippen LogP contribution is -2.33. The van der Waals surface area contributed by atoms with Gasteiger partial charge in [-0.15, -0.1) is 0 Å². The standard InChI is InChI=1S/C14H21BrN2O/c1-11(17-14(18)4-2-3-9-16)10-12-5-7-13(15)8-6-12/h5-8,11H,2-4,9-10,16H2,1H3,(H,17,18). The average molecular weight is 313 g/mol. The van der Waals surface area contributed by atoms with Crippen molar-refractivity contribution in [3.63, 3.8) is 0 Å². The lowest BCUT2D eigenvalue weighted by atomic mass is 10.1. The fourth-order valence-electron chi connectivity index (χ4n) is 1.80. The van der Waals surface area contributed by atoms with Crippen LogP contribution in [0.1, 0.15) is 31.7 Å². The van der Waals surface area contributed by atoms with Crippen LogP contribution >= 0.6 is 15.9 Å². The molecule has 1 rings (SSSR count). The Balaban J connectivity index is 2.30. The van der Waals surface area contributed by atoms with Crippen LogP contribution in [0.25, 0.3) is 0 Å². The molecule has 0 bridgehead atoms. The van der Waals surface area contributed by atoms with Gasteiger partial charge in [0.15, 0.2) is 0 Å². The molecule has 1 unspecified atom stereocenters. The monoisotopic (exact) mass is 312 g/mol. The number of hydrogen-bond acceptors (Lipinski definition) is 2. The zero-order valence-electron chi connectivity index (χ0n) is 10.8. The van der Waals surface area contributed by atoms with Crippen LogP contribution in [-0.4, -0.2) is 18.5 Å². The number of nitrogens with one attached hydrogen (secondary N) is 1. The summed E-state index contributed by atoms with van der Waals surface area (Å²) in [7, 11) is 0. The van der Waals surface area contributed by atoms with Crippen LogP contribution in [-0.2, 0) is 11.2 Å². The summed E-state index contributed by atoms with van der Waals surface area (Å²) in [5.74, 6) is 0.119. The highest BCUT2D eigenvalue weighted by atomic mass is 79.9. The van der Waals surface area contributed by atoms with Crippen molar-refractivity contribution in [1.82, 2.24) is 5.32 Å². The Labute approximate surface area is 117 Å². The van der Waals surface area contributed by atoms with Crippen molar-refractivity contribution in [2.24, 2.45) is 5.73 Å². The molecule has 18 heavy (non-hydrogen) atoms. The minimum atomic E-state index is 0.119. The van der Waals surface area contributed by atoms with Gasteiger partial charge in [-0.05, 0) is 50.4 Å². The van der Waals surface area contributed by atoms with Crippen LogP contribution < -0.4 is 11.1 Å². The molecule has 1 amide bonds. The van der Waals surface area contributed by atoms with Crippen LogP contribution in [0.5, 0.6) is 0 Å². The molecule has 0 radical (unpaired) electrons. The van der Waals surface area contributed by atoms with E-state index in [0.29, 0.717) is 13.0 Å². The molecule has 0 aliphatic rings. The van der Waals surface area contributed by atoms with Gasteiger partial charge in [0.25, 0.3) is 0 Å². The average Bonchev–Trinajstić information content (AvgIpc) is 2.32. The number of amides is 1. The first-order chi connectivity index (χ1) is 8.61. The lowest BCUT2D eigenvalue weighted by molar-refractivity contribution is -0.121. The van der Waals surface area contributed by atoms with E-state index in [1.807, 2.05) is 19.1 Å². The van der Waals surface area contributed by atoms with E-state index < -0.39 is 0 Å². The number of carbonyl (C=O) groups excluding carboxylic acids is 1. The van der Waals surface area contributed by atoms with Gasteiger partial charge in [-0.25, -0.2) is 0 Å². The number of carbonyl (C=O) groups is 1. The van der Waals surface area contributed by atoms with Gasteiger partial charge in [-0.1, -0.05) is 28.1 Å². The first-order valence-electron chi connectivity index (χ1n) is 6.35. The molecule has 0 saturated carbocycles. The molecular formula is C14H21BrN2O. The third-order valence-corrected chi connectivity index (χ3v) is 3.25. The van der Waals surface area contributed by atoms with Crippen molar-refractivity contribution >= 4 is 21.8 Å². The van der Waals surface area contributed by atoms with Crippen LogP contribution in [0, 0.1) is 0 Å². The van der Waals surface area contributed by atoms with E-state index in [-0.39, 0.29) is 11.9 Å². The molecule has 1 atom stereocenters. The van der Waals surface area contributed by atoms with Crippen molar-refractivity contribution in [1.29, 1.82) is 0 Å². The van der Waals surface area contributed by atoms with E-state index in [1.165, 1.54) is 5.56 Å². The van der Waals surface area contributed by atoms with Crippen molar-refractivity contribution in [3.05, 3.63) is 34.3 Å². The normalized spacial score (nSPS) is 12.2. The van der Waals surface area contributed by atoms with E-state index in [2.05, 4.69) is 33.4 Å². The molecule has 1 aromatic rings. The predicted molar refractivity (Wildman–Crippen MR) is 78.4 cm³/mol. The summed E-state index contributed by atoms with van der Waals surface area (Å²) >= 11 is 3.41. The summed E-state index contributed by atoms with van der Waals surface area (Å²) in [5, 5.41) is 3.01. The molecule has 0 aromatic heterocycles. The number of benzene rings is 1. The smallest absolute Gasteiger partial charge is 0.220 e. The highest BCUT2D eigenvalue weighted by molar-refractivity contribution is 9.10. The fourth-order valence-corrected chi connectivity index (χ4v) is 2.07. The Morgan fingerprint density at radius 2 is 2.00 bits per heavy atom. The molecule has 100 valence electrons. The van der Waals surface area contributed by atoms with E-state index >= 15 is 0 Å². The molecule has 0 fully saturated rings. The summed E-state index contributed by atoms with van der Waals surface area (Å²) in [6.45, 7) is 2.69. The Kier molecular flexibility index (Phi) is 6.98. The maximum atomic E-state index is 11.6. The minimum Gasteiger partial charge on any atom is -0.353 e. The largest absolute Gasteiger partial charge is 0.353 e. The van der Waals surface area contributed by atoms with Gasteiger partial charge in [0.2, 0.25) is 5.91 Å². The Hall–Kier alpha value is -0.870. The topological polar surface area (TPSA) is 55.1 Å². The van der Waals surface area contributed by atoms with E-state index in [9.17, 15) is 4.79 Å². The summed E-state index contributed by atoms with van der Waals surface area (Å²) in [5.41, 5.74) is 6.62. The number of nitrogens with two attached hydrogens (primary N) is 1. The van der Waals surface area contributed by atoms with Crippen LogP contribution in [0.2, 0.25) is 0 Å². The highest BCUT2D eigenvalue weighted by Gasteiger charge is 2.07. The zero-order chi connectivity index (χ0) is 13.4. The summed E-state index contributed by atoms with van der Waals surface area (Å²) in [6, 6.07) is 8.34. The summed E-state index contributed by atoms with van der Waals surface area (Å²) < 4.78 is 1.07. The van der Waals surface area contributed by atoms with Gasteiger partial charge in [0.1, 0.15) is 0 Å². The molecule has 3 N–H and O–H groups in total. The number of rotatable bonds is 7. The van der Waals surface area contributed by atoms with Crippen molar-refractivity contribution in [3.8, 4) is 0 Å².